The summed E-state index contributed by atoms with van der Waals surface area (Å²) in [5, 5.41) is 9.58. The van der Waals surface area contributed by atoms with Crippen molar-refractivity contribution in [1.29, 1.82) is 0 Å². The summed E-state index contributed by atoms with van der Waals surface area (Å²) in [4.78, 5) is 10.7. The maximum atomic E-state index is 10.7. The highest BCUT2D eigenvalue weighted by Gasteiger charge is 1.98. The Morgan fingerprint density at radius 1 is 1.50 bits per heavy atom. The van der Waals surface area contributed by atoms with Crippen LogP contribution in [0.1, 0.15) is 24.5 Å². The van der Waals surface area contributed by atoms with E-state index in [-0.39, 0.29) is 10.9 Å². The van der Waals surface area contributed by atoms with Gasteiger partial charge in [-0.2, -0.15) is 0 Å². The summed E-state index contributed by atoms with van der Waals surface area (Å²) in [6.45, 7) is 3.39. The average molecular weight is 234 g/mol. The van der Waals surface area contributed by atoms with Crippen molar-refractivity contribution >= 4 is 16.9 Å². The predicted octanol–water partition coefficient (Wildman–Crippen LogP) is 2.72. The van der Waals surface area contributed by atoms with Gasteiger partial charge in [0.2, 0.25) is 0 Å². The number of phenolic OH excluding ortho intramolecular Hbond substituents is 1. The molecule has 3 heteroatoms. The van der Waals surface area contributed by atoms with Gasteiger partial charge in [-0.1, -0.05) is 29.7 Å². The van der Waals surface area contributed by atoms with Gasteiger partial charge in [-0.25, -0.2) is 0 Å². The van der Waals surface area contributed by atoms with Gasteiger partial charge in [-0.05, 0) is 19.1 Å². The molecule has 1 aromatic rings. The molecule has 84 valence electrons. The van der Waals surface area contributed by atoms with Crippen LogP contribution in [0, 0.1) is 18.8 Å². The largest absolute Gasteiger partial charge is 0.508 e. The van der Waals surface area contributed by atoms with Crippen LogP contribution in [-0.2, 0) is 4.79 Å². The molecule has 0 heterocycles. The molecule has 0 amide bonds. The number of aromatic hydroxyl groups is 1. The van der Waals surface area contributed by atoms with Gasteiger partial charge in [0.15, 0.2) is 5.12 Å². The molecular formula is C13H14O2S. The molecule has 0 saturated carbocycles. The Bertz CT molecular complexity index is 441. The van der Waals surface area contributed by atoms with Crippen LogP contribution in [0.4, 0.5) is 0 Å². The van der Waals surface area contributed by atoms with E-state index in [0.717, 1.165) is 16.9 Å². The average Bonchev–Trinajstić information content (AvgIpc) is 2.23. The molecule has 0 aliphatic heterocycles. The van der Waals surface area contributed by atoms with E-state index in [2.05, 4.69) is 11.8 Å². The van der Waals surface area contributed by atoms with Crippen LogP contribution in [0.25, 0.3) is 0 Å². The maximum Gasteiger partial charge on any atom is 0.185 e. The summed E-state index contributed by atoms with van der Waals surface area (Å²) in [5.41, 5.74) is 1.64. The Balaban J connectivity index is 2.56. The molecule has 0 aliphatic carbocycles. The Morgan fingerprint density at radius 2 is 2.25 bits per heavy atom. The van der Waals surface area contributed by atoms with Crippen LogP contribution < -0.4 is 0 Å². The lowest BCUT2D eigenvalue weighted by atomic mass is 10.1. The lowest BCUT2D eigenvalue weighted by Crippen LogP contribution is -1.85. The summed E-state index contributed by atoms with van der Waals surface area (Å²) in [5.74, 6) is 6.97. The predicted molar refractivity (Wildman–Crippen MR) is 67.5 cm³/mol. The molecule has 0 aromatic heterocycles. The third-order valence-corrected chi connectivity index (χ3v) is 2.88. The summed E-state index contributed by atoms with van der Waals surface area (Å²) in [6, 6.07) is 5.29. The van der Waals surface area contributed by atoms with Crippen LogP contribution in [0.3, 0.4) is 0 Å². The van der Waals surface area contributed by atoms with Gasteiger partial charge in [-0.3, -0.25) is 4.79 Å². The number of carbonyl (C=O) groups excluding carboxylic acids is 1. The Hall–Kier alpha value is -1.40. The van der Waals surface area contributed by atoms with E-state index in [0.29, 0.717) is 6.42 Å². The van der Waals surface area contributed by atoms with E-state index < -0.39 is 0 Å². The molecule has 1 N–H and O–H groups in total. The maximum absolute atomic E-state index is 10.7. The van der Waals surface area contributed by atoms with Gasteiger partial charge in [-0.15, -0.1) is 0 Å². The number of hydrogen-bond donors (Lipinski definition) is 1. The second kappa shape index (κ2) is 6.24. The standard InChI is InChI=1S/C13H14O2S/c1-10-12(7-5-8-13(10)15)6-3-4-9-16-11(2)14/h5,7-8,15H,4,9H2,1-2H3. The smallest absolute Gasteiger partial charge is 0.185 e. The molecular weight excluding hydrogens is 220 g/mol. The number of phenols is 1. The molecule has 2 nitrogen and oxygen atoms in total. The first kappa shape index (κ1) is 12.7. The third kappa shape index (κ3) is 4.00. The zero-order valence-electron chi connectivity index (χ0n) is 9.41. The van der Waals surface area contributed by atoms with Crippen molar-refractivity contribution in [3.8, 4) is 17.6 Å². The molecule has 1 aromatic carbocycles. The summed E-state index contributed by atoms with van der Waals surface area (Å²) >= 11 is 1.28. The molecule has 0 atom stereocenters. The monoisotopic (exact) mass is 234 g/mol. The minimum absolute atomic E-state index is 0.121. The summed E-state index contributed by atoms with van der Waals surface area (Å²) in [7, 11) is 0. The molecule has 0 aliphatic rings. The van der Waals surface area contributed by atoms with Crippen molar-refractivity contribution in [3.63, 3.8) is 0 Å². The number of thioether (sulfide) groups is 1. The van der Waals surface area contributed by atoms with Crippen molar-refractivity contribution in [2.24, 2.45) is 0 Å². The van der Waals surface area contributed by atoms with Gasteiger partial charge < -0.3 is 5.11 Å². The highest BCUT2D eigenvalue weighted by molar-refractivity contribution is 8.13. The van der Waals surface area contributed by atoms with Crippen molar-refractivity contribution < 1.29 is 9.90 Å². The Labute approximate surface area is 100 Å². The minimum Gasteiger partial charge on any atom is -0.508 e. The number of hydrogen-bond acceptors (Lipinski definition) is 3. The lowest BCUT2D eigenvalue weighted by Gasteiger charge is -1.99. The topological polar surface area (TPSA) is 37.3 Å². The van der Waals surface area contributed by atoms with E-state index in [1.54, 1.807) is 19.1 Å². The van der Waals surface area contributed by atoms with Crippen LogP contribution >= 0.6 is 11.8 Å². The minimum atomic E-state index is 0.121. The van der Waals surface area contributed by atoms with Crippen molar-refractivity contribution in [2.45, 2.75) is 20.3 Å². The molecule has 0 fully saturated rings. The molecule has 0 spiro atoms. The summed E-state index contributed by atoms with van der Waals surface area (Å²) < 4.78 is 0. The van der Waals surface area contributed by atoms with Crippen LogP contribution in [0.15, 0.2) is 18.2 Å². The molecule has 0 saturated heterocycles. The van der Waals surface area contributed by atoms with E-state index in [4.69, 9.17) is 0 Å². The SMILES string of the molecule is CC(=O)SCCC#Cc1cccc(O)c1C. The van der Waals surface area contributed by atoms with E-state index in [1.165, 1.54) is 11.8 Å². The normalized spacial score (nSPS) is 9.38. The van der Waals surface area contributed by atoms with Gasteiger partial charge >= 0.3 is 0 Å². The van der Waals surface area contributed by atoms with Gasteiger partial charge in [0, 0.05) is 30.2 Å². The first-order valence-corrected chi connectivity index (χ1v) is 6.00. The lowest BCUT2D eigenvalue weighted by molar-refractivity contribution is -0.109. The third-order valence-electron chi connectivity index (χ3n) is 2.06. The fourth-order valence-corrected chi connectivity index (χ4v) is 1.65. The van der Waals surface area contributed by atoms with Gasteiger partial charge in [0.1, 0.15) is 5.75 Å². The Morgan fingerprint density at radius 3 is 2.94 bits per heavy atom. The van der Waals surface area contributed by atoms with Crippen molar-refractivity contribution in [2.75, 3.05) is 5.75 Å². The molecule has 0 unspecified atom stereocenters. The number of carbonyl (C=O) groups is 1. The summed E-state index contributed by atoms with van der Waals surface area (Å²) in [6.07, 6.45) is 0.680. The van der Waals surface area contributed by atoms with Crippen LogP contribution in [0.2, 0.25) is 0 Å². The van der Waals surface area contributed by atoms with Crippen molar-refractivity contribution in [1.82, 2.24) is 0 Å². The van der Waals surface area contributed by atoms with Gasteiger partial charge in [0.25, 0.3) is 0 Å². The van der Waals surface area contributed by atoms with Gasteiger partial charge in [0.05, 0.1) is 0 Å². The second-order valence-corrected chi connectivity index (χ2v) is 4.61. The second-order valence-electron chi connectivity index (χ2n) is 3.34. The first-order chi connectivity index (χ1) is 7.61. The van der Waals surface area contributed by atoms with Crippen LogP contribution in [-0.4, -0.2) is 16.0 Å². The Kier molecular flexibility index (Phi) is 4.94. The molecule has 0 radical (unpaired) electrons. The molecule has 1 rings (SSSR count). The number of benzene rings is 1. The zero-order valence-corrected chi connectivity index (χ0v) is 10.2. The fourth-order valence-electron chi connectivity index (χ4n) is 1.16. The van der Waals surface area contributed by atoms with E-state index >= 15 is 0 Å². The number of rotatable bonds is 2. The molecule has 16 heavy (non-hydrogen) atoms. The van der Waals surface area contributed by atoms with E-state index in [9.17, 15) is 9.90 Å². The zero-order chi connectivity index (χ0) is 12.0. The molecule has 0 bridgehead atoms. The first-order valence-electron chi connectivity index (χ1n) is 5.02. The quantitative estimate of drug-likeness (QED) is 0.631. The van der Waals surface area contributed by atoms with Crippen LogP contribution in [0.5, 0.6) is 5.75 Å². The van der Waals surface area contributed by atoms with Crippen molar-refractivity contribution in [3.05, 3.63) is 29.3 Å². The fraction of sp³-hybridized carbons (Fsp3) is 0.308. The highest BCUT2D eigenvalue weighted by atomic mass is 32.2. The van der Waals surface area contributed by atoms with E-state index in [1.807, 2.05) is 13.0 Å². The highest BCUT2D eigenvalue weighted by Crippen LogP contribution is 2.18.